The van der Waals surface area contributed by atoms with Crippen LogP contribution in [-0.2, 0) is 9.59 Å². The fourth-order valence-electron chi connectivity index (χ4n) is 2.21. The van der Waals surface area contributed by atoms with E-state index in [1.807, 2.05) is 13.8 Å². The SMILES string of the molecule is CCC(CC)CC(=O)NC(C(=O)O)c1ccc(OC)c(Cl)c1. The molecule has 0 aliphatic rings. The number of carboxylic acids is 1. The Kier molecular flexibility index (Phi) is 7.18. The van der Waals surface area contributed by atoms with Crippen molar-refractivity contribution in [3.63, 3.8) is 0 Å². The molecule has 2 N–H and O–H groups in total. The van der Waals surface area contributed by atoms with Gasteiger partial charge in [-0.05, 0) is 23.6 Å². The van der Waals surface area contributed by atoms with Gasteiger partial charge < -0.3 is 15.2 Å². The predicted molar refractivity (Wildman–Crippen MR) is 85.2 cm³/mol. The molecule has 1 atom stereocenters. The van der Waals surface area contributed by atoms with Crippen molar-refractivity contribution in [1.82, 2.24) is 5.32 Å². The van der Waals surface area contributed by atoms with E-state index in [2.05, 4.69) is 5.32 Å². The van der Waals surface area contributed by atoms with Crippen molar-refractivity contribution in [2.24, 2.45) is 5.92 Å². The summed E-state index contributed by atoms with van der Waals surface area (Å²) in [6.45, 7) is 4.03. The summed E-state index contributed by atoms with van der Waals surface area (Å²) in [5, 5.41) is 12.2. The van der Waals surface area contributed by atoms with Crippen LogP contribution in [0.5, 0.6) is 5.75 Å². The van der Waals surface area contributed by atoms with E-state index in [0.29, 0.717) is 22.8 Å². The summed E-state index contributed by atoms with van der Waals surface area (Å²) in [7, 11) is 1.48. The molecule has 5 nitrogen and oxygen atoms in total. The zero-order valence-electron chi connectivity index (χ0n) is 13.1. The minimum Gasteiger partial charge on any atom is -0.495 e. The second-order valence-electron chi connectivity index (χ2n) is 5.12. The van der Waals surface area contributed by atoms with Crippen LogP contribution in [0.1, 0.15) is 44.7 Å². The molecule has 1 aromatic carbocycles. The number of rotatable bonds is 8. The largest absolute Gasteiger partial charge is 0.495 e. The van der Waals surface area contributed by atoms with Crippen molar-refractivity contribution in [2.45, 2.75) is 39.2 Å². The lowest BCUT2D eigenvalue weighted by molar-refractivity contribution is -0.142. The van der Waals surface area contributed by atoms with Gasteiger partial charge in [0, 0.05) is 6.42 Å². The van der Waals surface area contributed by atoms with Crippen LogP contribution in [0.25, 0.3) is 0 Å². The maximum atomic E-state index is 12.0. The lowest BCUT2D eigenvalue weighted by atomic mass is 9.98. The van der Waals surface area contributed by atoms with Gasteiger partial charge in [0.15, 0.2) is 6.04 Å². The fraction of sp³-hybridized carbons (Fsp3) is 0.500. The Morgan fingerprint density at radius 1 is 1.32 bits per heavy atom. The molecule has 0 fully saturated rings. The van der Waals surface area contributed by atoms with Crippen molar-refractivity contribution in [2.75, 3.05) is 7.11 Å². The summed E-state index contributed by atoms with van der Waals surface area (Å²) in [6.07, 6.45) is 2.09. The summed E-state index contributed by atoms with van der Waals surface area (Å²) < 4.78 is 5.04. The van der Waals surface area contributed by atoms with Gasteiger partial charge in [-0.2, -0.15) is 0 Å². The first-order valence-corrected chi connectivity index (χ1v) is 7.66. The predicted octanol–water partition coefficient (Wildman–Crippen LogP) is 3.42. The highest BCUT2D eigenvalue weighted by molar-refractivity contribution is 6.32. The molecule has 1 amide bonds. The van der Waals surface area contributed by atoms with Gasteiger partial charge in [0.25, 0.3) is 0 Å². The van der Waals surface area contributed by atoms with Crippen molar-refractivity contribution in [3.05, 3.63) is 28.8 Å². The van der Waals surface area contributed by atoms with Gasteiger partial charge in [0.1, 0.15) is 5.75 Å². The van der Waals surface area contributed by atoms with Crippen LogP contribution in [0.3, 0.4) is 0 Å². The standard InChI is InChI=1S/C16H22ClNO4/c1-4-10(5-2)8-14(19)18-15(16(20)21)11-6-7-13(22-3)12(17)9-11/h6-7,9-10,15H,4-5,8H2,1-3H3,(H,18,19)(H,20,21). The first kappa shape index (κ1) is 18.3. The molecule has 0 radical (unpaired) electrons. The van der Waals surface area contributed by atoms with Crippen LogP contribution in [0.4, 0.5) is 0 Å². The number of carbonyl (C=O) groups excluding carboxylic acids is 1. The molecule has 0 saturated carbocycles. The number of ether oxygens (including phenoxy) is 1. The Morgan fingerprint density at radius 2 is 1.95 bits per heavy atom. The lowest BCUT2D eigenvalue weighted by Crippen LogP contribution is -2.34. The number of hydrogen-bond donors (Lipinski definition) is 2. The van der Waals surface area contributed by atoms with Gasteiger partial charge in [-0.3, -0.25) is 4.79 Å². The number of hydrogen-bond acceptors (Lipinski definition) is 3. The Bertz CT molecular complexity index is 529. The van der Waals surface area contributed by atoms with Gasteiger partial charge in [0.05, 0.1) is 12.1 Å². The third kappa shape index (κ3) is 4.91. The normalized spacial score (nSPS) is 12.0. The maximum Gasteiger partial charge on any atom is 0.330 e. The van der Waals surface area contributed by atoms with Gasteiger partial charge >= 0.3 is 5.97 Å². The lowest BCUT2D eigenvalue weighted by Gasteiger charge is -2.18. The first-order valence-electron chi connectivity index (χ1n) is 7.28. The van der Waals surface area contributed by atoms with Crippen molar-refractivity contribution in [1.29, 1.82) is 0 Å². The Morgan fingerprint density at radius 3 is 2.41 bits per heavy atom. The number of amides is 1. The third-order valence-electron chi connectivity index (χ3n) is 3.69. The second kappa shape index (κ2) is 8.63. The molecule has 0 aromatic heterocycles. The Labute approximate surface area is 135 Å². The molecule has 1 unspecified atom stereocenters. The molecule has 1 aromatic rings. The zero-order valence-corrected chi connectivity index (χ0v) is 13.8. The number of carbonyl (C=O) groups is 2. The van der Waals surface area contributed by atoms with E-state index in [4.69, 9.17) is 16.3 Å². The fourth-order valence-corrected chi connectivity index (χ4v) is 2.48. The van der Waals surface area contributed by atoms with Gasteiger partial charge in [0.2, 0.25) is 5.91 Å². The summed E-state index contributed by atoms with van der Waals surface area (Å²) in [5.74, 6) is -0.681. The van der Waals surface area contributed by atoms with Gasteiger partial charge in [-0.25, -0.2) is 4.79 Å². The van der Waals surface area contributed by atoms with E-state index in [1.165, 1.54) is 13.2 Å². The summed E-state index contributed by atoms with van der Waals surface area (Å²) >= 11 is 6.01. The van der Waals surface area contributed by atoms with Crippen LogP contribution in [0.2, 0.25) is 5.02 Å². The second-order valence-corrected chi connectivity index (χ2v) is 5.53. The summed E-state index contributed by atoms with van der Waals surface area (Å²) in [5.41, 5.74) is 0.413. The highest BCUT2D eigenvalue weighted by atomic mass is 35.5. The van der Waals surface area contributed by atoms with Crippen LogP contribution in [0.15, 0.2) is 18.2 Å². The third-order valence-corrected chi connectivity index (χ3v) is 3.99. The van der Waals surface area contributed by atoms with Gasteiger partial charge in [-0.15, -0.1) is 0 Å². The number of halogens is 1. The molecule has 0 aliphatic carbocycles. The van der Waals surface area contributed by atoms with E-state index in [0.717, 1.165) is 12.8 Å². The van der Waals surface area contributed by atoms with Crippen molar-refractivity contribution in [3.8, 4) is 5.75 Å². The van der Waals surface area contributed by atoms with E-state index in [-0.39, 0.29) is 11.8 Å². The van der Waals surface area contributed by atoms with Crippen LogP contribution >= 0.6 is 11.6 Å². The molecule has 0 saturated heterocycles. The quantitative estimate of drug-likeness (QED) is 0.767. The topological polar surface area (TPSA) is 75.6 Å². The van der Waals surface area contributed by atoms with E-state index < -0.39 is 12.0 Å². The molecule has 0 bridgehead atoms. The minimum atomic E-state index is -1.13. The van der Waals surface area contributed by atoms with Crippen LogP contribution in [-0.4, -0.2) is 24.1 Å². The molecule has 0 heterocycles. The highest BCUT2D eigenvalue weighted by Crippen LogP contribution is 2.28. The van der Waals surface area contributed by atoms with Crippen molar-refractivity contribution >= 4 is 23.5 Å². The Hall–Kier alpha value is -1.75. The van der Waals surface area contributed by atoms with Crippen LogP contribution in [0, 0.1) is 5.92 Å². The van der Waals surface area contributed by atoms with E-state index in [1.54, 1.807) is 12.1 Å². The maximum absolute atomic E-state index is 12.0. The van der Waals surface area contributed by atoms with E-state index >= 15 is 0 Å². The molecular formula is C16H22ClNO4. The first-order chi connectivity index (χ1) is 10.4. The molecule has 6 heteroatoms. The summed E-state index contributed by atoms with van der Waals surface area (Å²) in [4.78, 5) is 23.5. The molecule has 122 valence electrons. The number of methoxy groups -OCH3 is 1. The van der Waals surface area contributed by atoms with Gasteiger partial charge in [-0.1, -0.05) is 44.4 Å². The Balaban J connectivity index is 2.88. The average Bonchev–Trinajstić information content (AvgIpc) is 2.49. The number of benzene rings is 1. The molecule has 22 heavy (non-hydrogen) atoms. The van der Waals surface area contributed by atoms with Crippen LogP contribution < -0.4 is 10.1 Å². The number of nitrogens with one attached hydrogen (secondary N) is 1. The highest BCUT2D eigenvalue weighted by Gasteiger charge is 2.23. The number of carboxylic acid groups (broad SMARTS) is 1. The number of aliphatic carboxylic acids is 1. The van der Waals surface area contributed by atoms with Crippen molar-refractivity contribution < 1.29 is 19.4 Å². The van der Waals surface area contributed by atoms with E-state index in [9.17, 15) is 14.7 Å². The minimum absolute atomic E-state index is 0.258. The smallest absolute Gasteiger partial charge is 0.330 e. The molecule has 0 spiro atoms. The monoisotopic (exact) mass is 327 g/mol. The molecule has 0 aliphatic heterocycles. The molecule has 1 rings (SSSR count). The molecular weight excluding hydrogens is 306 g/mol. The zero-order chi connectivity index (χ0) is 16.7. The average molecular weight is 328 g/mol. The summed E-state index contributed by atoms with van der Waals surface area (Å²) in [6, 6.07) is 3.54.